The van der Waals surface area contributed by atoms with Crippen molar-refractivity contribution in [1.29, 1.82) is 0 Å². The van der Waals surface area contributed by atoms with Gasteiger partial charge in [-0.05, 0) is 24.7 Å². The van der Waals surface area contributed by atoms with Crippen LogP contribution in [0.25, 0.3) is 0 Å². The van der Waals surface area contributed by atoms with Crippen molar-refractivity contribution in [1.82, 2.24) is 4.90 Å². The summed E-state index contributed by atoms with van der Waals surface area (Å²) >= 11 is 0. The Balaban J connectivity index is 3.99. The van der Waals surface area contributed by atoms with Gasteiger partial charge in [-0.1, -0.05) is 34.6 Å². The van der Waals surface area contributed by atoms with Crippen LogP contribution in [0.15, 0.2) is 0 Å². The van der Waals surface area contributed by atoms with Crippen LogP contribution in [0.3, 0.4) is 0 Å². The van der Waals surface area contributed by atoms with Crippen molar-refractivity contribution in [3.63, 3.8) is 0 Å². The lowest BCUT2D eigenvalue weighted by molar-refractivity contribution is -0.132. The van der Waals surface area contributed by atoms with E-state index in [9.17, 15) is 4.79 Å². The molecule has 0 aliphatic heterocycles. The Morgan fingerprint density at radius 2 is 1.89 bits per heavy atom. The van der Waals surface area contributed by atoms with E-state index in [0.717, 1.165) is 32.4 Å². The third-order valence-electron chi connectivity index (χ3n) is 2.91. The van der Waals surface area contributed by atoms with Crippen LogP contribution in [0.5, 0.6) is 0 Å². The molecule has 1 unspecified atom stereocenters. The lowest BCUT2D eigenvalue weighted by atomic mass is 9.91. The van der Waals surface area contributed by atoms with Crippen molar-refractivity contribution >= 4 is 5.91 Å². The molecule has 0 heterocycles. The Kier molecular flexibility index (Phi) is 8.25. The van der Waals surface area contributed by atoms with Gasteiger partial charge in [0.05, 0.1) is 6.10 Å². The fraction of sp³-hybridized carbons (Fsp3) is 0.933. The van der Waals surface area contributed by atoms with Gasteiger partial charge in [0.2, 0.25) is 5.91 Å². The molecule has 0 aromatic heterocycles. The van der Waals surface area contributed by atoms with Gasteiger partial charge < -0.3 is 9.64 Å². The summed E-state index contributed by atoms with van der Waals surface area (Å²) in [4.78, 5) is 13.8. The Morgan fingerprint density at radius 3 is 2.33 bits per heavy atom. The van der Waals surface area contributed by atoms with Gasteiger partial charge in [-0.3, -0.25) is 4.79 Å². The van der Waals surface area contributed by atoms with E-state index in [1.54, 1.807) is 0 Å². The lowest BCUT2D eigenvalue weighted by Crippen LogP contribution is -2.32. The molecule has 0 saturated carbocycles. The SMILES string of the molecule is CCCOC(CC)CCN(C)C(=O)CC(C)(C)C. The molecule has 3 heteroatoms. The molecule has 0 rings (SSSR count). The van der Waals surface area contributed by atoms with Crippen LogP contribution in [0, 0.1) is 5.41 Å². The maximum absolute atomic E-state index is 12.0. The Hall–Kier alpha value is -0.570. The fourth-order valence-corrected chi connectivity index (χ4v) is 1.74. The molecule has 18 heavy (non-hydrogen) atoms. The third-order valence-corrected chi connectivity index (χ3v) is 2.91. The first-order chi connectivity index (χ1) is 8.30. The molecule has 0 aromatic rings. The average Bonchev–Trinajstić information content (AvgIpc) is 2.26. The summed E-state index contributed by atoms with van der Waals surface area (Å²) in [6, 6.07) is 0. The molecule has 1 amide bonds. The molecule has 3 nitrogen and oxygen atoms in total. The van der Waals surface area contributed by atoms with Crippen LogP contribution in [-0.2, 0) is 9.53 Å². The number of ether oxygens (including phenoxy) is 1. The van der Waals surface area contributed by atoms with Gasteiger partial charge in [0.25, 0.3) is 0 Å². The zero-order valence-electron chi connectivity index (χ0n) is 13.1. The number of amides is 1. The topological polar surface area (TPSA) is 29.5 Å². The molecule has 0 N–H and O–H groups in total. The van der Waals surface area contributed by atoms with Crippen LogP contribution in [0.2, 0.25) is 0 Å². The predicted octanol–water partition coefficient (Wildman–Crippen LogP) is 3.48. The first-order valence-corrected chi connectivity index (χ1v) is 7.15. The Bertz CT molecular complexity index is 233. The number of hydrogen-bond acceptors (Lipinski definition) is 2. The zero-order valence-corrected chi connectivity index (χ0v) is 13.1. The summed E-state index contributed by atoms with van der Waals surface area (Å²) in [6.45, 7) is 12.1. The van der Waals surface area contributed by atoms with E-state index in [2.05, 4.69) is 34.6 Å². The van der Waals surface area contributed by atoms with Crippen molar-refractivity contribution in [2.75, 3.05) is 20.2 Å². The number of carbonyl (C=O) groups excluding carboxylic acids is 1. The van der Waals surface area contributed by atoms with Crippen LogP contribution in [-0.4, -0.2) is 37.1 Å². The van der Waals surface area contributed by atoms with E-state index < -0.39 is 0 Å². The molecular weight excluding hydrogens is 226 g/mol. The molecule has 1 atom stereocenters. The van der Waals surface area contributed by atoms with Crippen LogP contribution in [0.4, 0.5) is 0 Å². The fourth-order valence-electron chi connectivity index (χ4n) is 1.74. The first-order valence-electron chi connectivity index (χ1n) is 7.15. The second-order valence-electron chi connectivity index (χ2n) is 6.24. The molecule has 0 aliphatic carbocycles. The summed E-state index contributed by atoms with van der Waals surface area (Å²) in [7, 11) is 1.89. The summed E-state index contributed by atoms with van der Waals surface area (Å²) < 4.78 is 5.73. The number of carbonyl (C=O) groups is 1. The largest absolute Gasteiger partial charge is 0.378 e. The van der Waals surface area contributed by atoms with Gasteiger partial charge in [-0.25, -0.2) is 0 Å². The predicted molar refractivity (Wildman–Crippen MR) is 76.6 cm³/mol. The molecule has 0 spiro atoms. The van der Waals surface area contributed by atoms with Crippen molar-refractivity contribution in [3.8, 4) is 0 Å². The van der Waals surface area contributed by atoms with Crippen molar-refractivity contribution in [3.05, 3.63) is 0 Å². The molecule has 0 aromatic carbocycles. The second kappa shape index (κ2) is 8.52. The maximum Gasteiger partial charge on any atom is 0.222 e. The standard InChI is InChI=1S/C15H31NO2/c1-7-11-18-13(8-2)9-10-16(6)14(17)12-15(3,4)5/h13H,7-12H2,1-6H3. The maximum atomic E-state index is 12.0. The third kappa shape index (κ3) is 8.51. The molecule has 0 fully saturated rings. The molecular formula is C15H31NO2. The summed E-state index contributed by atoms with van der Waals surface area (Å²) in [6.07, 6.45) is 3.89. The minimum absolute atomic E-state index is 0.0637. The molecule has 0 radical (unpaired) electrons. The minimum atomic E-state index is 0.0637. The monoisotopic (exact) mass is 257 g/mol. The number of nitrogens with zero attached hydrogens (tertiary/aromatic N) is 1. The van der Waals surface area contributed by atoms with Gasteiger partial charge in [0.1, 0.15) is 0 Å². The summed E-state index contributed by atoms with van der Waals surface area (Å²) in [5, 5.41) is 0. The number of rotatable bonds is 8. The van der Waals surface area contributed by atoms with Gasteiger partial charge in [-0.15, -0.1) is 0 Å². The molecule has 108 valence electrons. The molecule has 0 aliphatic rings. The minimum Gasteiger partial charge on any atom is -0.378 e. The summed E-state index contributed by atoms with van der Waals surface area (Å²) in [5.41, 5.74) is 0.0637. The highest BCUT2D eigenvalue weighted by Gasteiger charge is 2.19. The van der Waals surface area contributed by atoms with E-state index in [1.807, 2.05) is 11.9 Å². The van der Waals surface area contributed by atoms with Crippen molar-refractivity contribution in [2.24, 2.45) is 5.41 Å². The average molecular weight is 257 g/mol. The van der Waals surface area contributed by atoms with Crippen LogP contribution >= 0.6 is 0 Å². The van der Waals surface area contributed by atoms with E-state index in [1.165, 1.54) is 0 Å². The van der Waals surface area contributed by atoms with Gasteiger partial charge >= 0.3 is 0 Å². The Morgan fingerprint density at radius 1 is 1.28 bits per heavy atom. The second-order valence-corrected chi connectivity index (χ2v) is 6.24. The highest BCUT2D eigenvalue weighted by Crippen LogP contribution is 2.19. The van der Waals surface area contributed by atoms with Crippen molar-refractivity contribution < 1.29 is 9.53 Å². The van der Waals surface area contributed by atoms with Crippen LogP contribution < -0.4 is 0 Å². The normalized spacial score (nSPS) is 13.4. The van der Waals surface area contributed by atoms with Gasteiger partial charge in [-0.2, -0.15) is 0 Å². The lowest BCUT2D eigenvalue weighted by Gasteiger charge is -2.25. The first kappa shape index (κ1) is 17.4. The molecule has 0 saturated heterocycles. The van der Waals surface area contributed by atoms with E-state index in [4.69, 9.17) is 4.74 Å². The van der Waals surface area contributed by atoms with Gasteiger partial charge in [0.15, 0.2) is 0 Å². The summed E-state index contributed by atoms with van der Waals surface area (Å²) in [5.74, 6) is 0.229. The van der Waals surface area contributed by atoms with E-state index in [0.29, 0.717) is 6.42 Å². The smallest absolute Gasteiger partial charge is 0.222 e. The quantitative estimate of drug-likeness (QED) is 0.666. The highest BCUT2D eigenvalue weighted by molar-refractivity contribution is 5.76. The van der Waals surface area contributed by atoms with Crippen molar-refractivity contribution in [2.45, 2.75) is 66.4 Å². The van der Waals surface area contributed by atoms with E-state index >= 15 is 0 Å². The highest BCUT2D eigenvalue weighted by atomic mass is 16.5. The molecule has 0 bridgehead atoms. The van der Waals surface area contributed by atoms with Crippen LogP contribution in [0.1, 0.15) is 60.3 Å². The zero-order chi connectivity index (χ0) is 14.2. The van der Waals surface area contributed by atoms with Gasteiger partial charge in [0, 0.05) is 26.6 Å². The number of hydrogen-bond donors (Lipinski definition) is 0. The Labute approximate surface area is 113 Å². The van der Waals surface area contributed by atoms with E-state index in [-0.39, 0.29) is 17.4 Å².